The van der Waals surface area contributed by atoms with Gasteiger partial charge in [0, 0.05) is 37.6 Å². The first-order chi connectivity index (χ1) is 9.25. The normalized spacial score (nSPS) is 22.7. The second kappa shape index (κ2) is 5.13. The number of hydrogen-bond acceptors (Lipinski definition) is 5. The van der Waals surface area contributed by atoms with E-state index in [-0.39, 0.29) is 5.69 Å². The molecule has 1 aliphatic heterocycles. The Morgan fingerprint density at radius 2 is 2.16 bits per heavy atom. The van der Waals surface area contributed by atoms with E-state index >= 15 is 0 Å². The molecule has 0 spiro atoms. The van der Waals surface area contributed by atoms with E-state index < -0.39 is 5.91 Å². The zero-order valence-electron chi connectivity index (χ0n) is 10.9. The Labute approximate surface area is 112 Å². The number of rotatable bonds is 5. The summed E-state index contributed by atoms with van der Waals surface area (Å²) in [7, 11) is 0. The molecule has 1 aromatic rings. The molecule has 2 fully saturated rings. The van der Waals surface area contributed by atoms with Crippen LogP contribution in [0.1, 0.15) is 36.2 Å². The SMILES string of the molecule is NC(=O)c1nccnc1N1CCCC1CNC1CC1. The van der Waals surface area contributed by atoms with Crippen LogP contribution < -0.4 is 16.0 Å². The van der Waals surface area contributed by atoms with Gasteiger partial charge >= 0.3 is 0 Å². The first-order valence-electron chi connectivity index (χ1n) is 6.86. The minimum atomic E-state index is -0.510. The molecule has 2 aliphatic rings. The van der Waals surface area contributed by atoms with Gasteiger partial charge in [-0.1, -0.05) is 0 Å². The third-order valence-corrected chi connectivity index (χ3v) is 3.78. The lowest BCUT2D eigenvalue weighted by Gasteiger charge is -2.26. The number of primary amides is 1. The Morgan fingerprint density at radius 1 is 1.37 bits per heavy atom. The van der Waals surface area contributed by atoms with Gasteiger partial charge in [-0.15, -0.1) is 0 Å². The summed E-state index contributed by atoms with van der Waals surface area (Å²) in [5.41, 5.74) is 5.65. The highest BCUT2D eigenvalue weighted by Gasteiger charge is 2.30. The number of hydrogen-bond donors (Lipinski definition) is 2. The highest BCUT2D eigenvalue weighted by Crippen LogP contribution is 2.26. The summed E-state index contributed by atoms with van der Waals surface area (Å²) in [6.07, 6.45) is 7.93. The van der Waals surface area contributed by atoms with Crippen LogP contribution >= 0.6 is 0 Å². The van der Waals surface area contributed by atoms with Crippen LogP contribution in [0.3, 0.4) is 0 Å². The van der Waals surface area contributed by atoms with Crippen molar-refractivity contribution < 1.29 is 4.79 Å². The van der Waals surface area contributed by atoms with Gasteiger partial charge in [0.25, 0.3) is 5.91 Å². The standard InChI is InChI=1S/C13H19N5O/c14-12(19)11-13(16-6-5-15-11)18-7-1-2-10(18)8-17-9-3-4-9/h5-6,9-10,17H,1-4,7-8H2,(H2,14,19). The summed E-state index contributed by atoms with van der Waals surface area (Å²) in [5, 5.41) is 3.54. The highest BCUT2D eigenvalue weighted by molar-refractivity contribution is 5.95. The van der Waals surface area contributed by atoms with E-state index in [1.54, 1.807) is 6.20 Å². The molecule has 3 N–H and O–H groups in total. The summed E-state index contributed by atoms with van der Waals surface area (Å²) in [5.74, 6) is 0.124. The Hall–Kier alpha value is -1.69. The van der Waals surface area contributed by atoms with Crippen LogP contribution in [0.15, 0.2) is 12.4 Å². The Morgan fingerprint density at radius 3 is 2.89 bits per heavy atom. The van der Waals surface area contributed by atoms with Gasteiger partial charge in [0.1, 0.15) is 0 Å². The highest BCUT2D eigenvalue weighted by atomic mass is 16.1. The van der Waals surface area contributed by atoms with Crippen LogP contribution in [0.2, 0.25) is 0 Å². The van der Waals surface area contributed by atoms with Crippen molar-refractivity contribution in [3.63, 3.8) is 0 Å². The van der Waals surface area contributed by atoms with E-state index in [2.05, 4.69) is 20.2 Å². The van der Waals surface area contributed by atoms with E-state index in [9.17, 15) is 4.79 Å². The predicted octanol–water partition coefficient (Wildman–Crippen LogP) is 0.296. The van der Waals surface area contributed by atoms with Crippen molar-refractivity contribution in [2.24, 2.45) is 5.73 Å². The van der Waals surface area contributed by atoms with Crippen LogP contribution in [-0.2, 0) is 0 Å². The molecule has 0 aromatic carbocycles. The van der Waals surface area contributed by atoms with Gasteiger partial charge in [-0.25, -0.2) is 9.97 Å². The number of carbonyl (C=O) groups excluding carboxylic acids is 1. The fourth-order valence-corrected chi connectivity index (χ4v) is 2.63. The lowest BCUT2D eigenvalue weighted by atomic mass is 10.2. The summed E-state index contributed by atoms with van der Waals surface area (Å²) in [6, 6.07) is 1.08. The van der Waals surface area contributed by atoms with E-state index in [1.807, 2.05) is 0 Å². The van der Waals surface area contributed by atoms with Crippen molar-refractivity contribution in [3.8, 4) is 0 Å². The van der Waals surface area contributed by atoms with Crippen molar-refractivity contribution in [1.29, 1.82) is 0 Å². The molecular weight excluding hydrogens is 242 g/mol. The van der Waals surface area contributed by atoms with Gasteiger partial charge in [-0.05, 0) is 25.7 Å². The van der Waals surface area contributed by atoms with Crippen molar-refractivity contribution >= 4 is 11.7 Å². The second-order valence-electron chi connectivity index (χ2n) is 5.26. The average Bonchev–Trinajstić information content (AvgIpc) is 3.13. The molecule has 1 aromatic heterocycles. The first-order valence-corrected chi connectivity index (χ1v) is 6.86. The molecule has 2 heterocycles. The number of anilines is 1. The fraction of sp³-hybridized carbons (Fsp3) is 0.615. The van der Waals surface area contributed by atoms with Gasteiger partial charge in [0.15, 0.2) is 11.5 Å². The zero-order chi connectivity index (χ0) is 13.2. The molecule has 6 heteroatoms. The largest absolute Gasteiger partial charge is 0.364 e. The number of carbonyl (C=O) groups is 1. The summed E-state index contributed by atoms with van der Waals surface area (Å²) < 4.78 is 0. The third kappa shape index (κ3) is 2.68. The van der Waals surface area contributed by atoms with Crippen molar-refractivity contribution in [3.05, 3.63) is 18.1 Å². The molecule has 1 saturated heterocycles. The lowest BCUT2D eigenvalue weighted by molar-refractivity contribution is 0.0995. The quantitative estimate of drug-likeness (QED) is 0.796. The molecule has 102 valence electrons. The monoisotopic (exact) mass is 261 g/mol. The first kappa shape index (κ1) is 12.3. The summed E-state index contributed by atoms with van der Waals surface area (Å²) >= 11 is 0. The number of nitrogens with zero attached hydrogens (tertiary/aromatic N) is 3. The molecule has 19 heavy (non-hydrogen) atoms. The lowest BCUT2D eigenvalue weighted by Crippen LogP contribution is -2.40. The number of amides is 1. The minimum Gasteiger partial charge on any atom is -0.364 e. The van der Waals surface area contributed by atoms with Crippen molar-refractivity contribution in [2.45, 2.75) is 37.8 Å². The maximum absolute atomic E-state index is 11.4. The van der Waals surface area contributed by atoms with Crippen molar-refractivity contribution in [2.75, 3.05) is 18.0 Å². The Balaban J connectivity index is 1.77. The van der Waals surface area contributed by atoms with Gasteiger partial charge in [0.05, 0.1) is 0 Å². The molecule has 6 nitrogen and oxygen atoms in total. The van der Waals surface area contributed by atoms with Gasteiger partial charge in [0.2, 0.25) is 0 Å². The molecular formula is C13H19N5O. The van der Waals surface area contributed by atoms with E-state index in [1.165, 1.54) is 19.0 Å². The van der Waals surface area contributed by atoms with Crippen LogP contribution in [0, 0.1) is 0 Å². The smallest absolute Gasteiger partial charge is 0.271 e. The molecule has 1 amide bonds. The maximum Gasteiger partial charge on any atom is 0.271 e. The molecule has 0 bridgehead atoms. The van der Waals surface area contributed by atoms with Crippen LogP contribution in [0.4, 0.5) is 5.82 Å². The zero-order valence-corrected chi connectivity index (χ0v) is 10.9. The van der Waals surface area contributed by atoms with Crippen LogP contribution in [0.25, 0.3) is 0 Å². The molecule has 1 unspecified atom stereocenters. The Bertz CT molecular complexity index is 474. The number of nitrogens with one attached hydrogen (secondary N) is 1. The van der Waals surface area contributed by atoms with E-state index in [0.717, 1.165) is 25.9 Å². The third-order valence-electron chi connectivity index (χ3n) is 3.78. The number of nitrogens with two attached hydrogens (primary N) is 1. The topological polar surface area (TPSA) is 84.1 Å². The fourth-order valence-electron chi connectivity index (χ4n) is 2.63. The summed E-state index contributed by atoms with van der Waals surface area (Å²) in [6.45, 7) is 1.86. The number of aromatic nitrogens is 2. The van der Waals surface area contributed by atoms with Gasteiger partial charge in [-0.3, -0.25) is 4.79 Å². The van der Waals surface area contributed by atoms with Crippen molar-refractivity contribution in [1.82, 2.24) is 15.3 Å². The minimum absolute atomic E-state index is 0.279. The molecule has 1 saturated carbocycles. The van der Waals surface area contributed by atoms with E-state index in [0.29, 0.717) is 17.9 Å². The summed E-state index contributed by atoms with van der Waals surface area (Å²) in [4.78, 5) is 22.0. The van der Waals surface area contributed by atoms with Gasteiger partial charge in [-0.2, -0.15) is 0 Å². The molecule has 1 atom stereocenters. The molecule has 3 rings (SSSR count). The van der Waals surface area contributed by atoms with Crippen LogP contribution in [-0.4, -0.2) is 41.0 Å². The van der Waals surface area contributed by atoms with Crippen LogP contribution in [0.5, 0.6) is 0 Å². The molecule has 0 radical (unpaired) electrons. The van der Waals surface area contributed by atoms with Gasteiger partial charge < -0.3 is 16.0 Å². The average molecular weight is 261 g/mol. The predicted molar refractivity (Wildman–Crippen MR) is 71.9 cm³/mol. The second-order valence-corrected chi connectivity index (χ2v) is 5.26. The maximum atomic E-state index is 11.4. The Kier molecular flexibility index (Phi) is 3.33. The van der Waals surface area contributed by atoms with E-state index in [4.69, 9.17) is 5.73 Å². The molecule has 1 aliphatic carbocycles.